The molecule has 5 nitrogen and oxygen atoms in total. The molecule has 0 aliphatic heterocycles. The topological polar surface area (TPSA) is 69.9 Å². The number of anilines is 1. The van der Waals surface area contributed by atoms with Crippen LogP contribution in [-0.4, -0.2) is 14.8 Å². The van der Waals surface area contributed by atoms with Gasteiger partial charge in [0.15, 0.2) is 5.58 Å². The molecule has 0 saturated heterocycles. The predicted molar refractivity (Wildman–Crippen MR) is 79.8 cm³/mol. The molecule has 2 aromatic heterocycles. The molecule has 0 radical (unpaired) electrons. The first-order valence-corrected chi connectivity index (χ1v) is 7.23. The van der Waals surface area contributed by atoms with Gasteiger partial charge < -0.3 is 10.2 Å². The number of oxazole rings is 1. The molecule has 3 aromatic rings. The van der Waals surface area contributed by atoms with Crippen LogP contribution in [0.2, 0.25) is 0 Å². The van der Waals surface area contributed by atoms with Crippen molar-refractivity contribution in [3.8, 4) is 0 Å². The highest BCUT2D eigenvalue weighted by atomic mass is 32.2. The van der Waals surface area contributed by atoms with E-state index in [4.69, 9.17) is 10.2 Å². The van der Waals surface area contributed by atoms with Crippen molar-refractivity contribution in [2.75, 3.05) is 5.73 Å². The third-order valence-electron chi connectivity index (χ3n) is 3.06. The summed E-state index contributed by atoms with van der Waals surface area (Å²) >= 11 is 1.40. The van der Waals surface area contributed by atoms with E-state index in [0.717, 1.165) is 21.8 Å². The Bertz CT molecular complexity index is 727. The molecule has 0 saturated carbocycles. The van der Waals surface area contributed by atoms with Gasteiger partial charge in [-0.1, -0.05) is 26.0 Å². The number of aromatic nitrogens is 3. The van der Waals surface area contributed by atoms with Crippen LogP contribution < -0.4 is 5.73 Å². The number of hydrogen-bond donors (Lipinski definition) is 1. The smallest absolute Gasteiger partial charge is 0.263 e. The van der Waals surface area contributed by atoms with Crippen LogP contribution in [0, 0.1) is 0 Å². The predicted octanol–water partition coefficient (Wildman–Crippen LogP) is 3.42. The standard InChI is InChI=1S/C14H16N4OS/c1-8(2)12-11(15)13(18(3)17-12)20-14-16-9-6-4-5-7-10(9)19-14/h4-8H,15H2,1-3H3. The highest BCUT2D eigenvalue weighted by Gasteiger charge is 2.19. The SMILES string of the molecule is CC(C)c1nn(C)c(Sc2nc3ccccc3o2)c1N. The van der Waals surface area contributed by atoms with E-state index in [1.165, 1.54) is 11.8 Å². The molecular weight excluding hydrogens is 272 g/mol. The second-order valence-electron chi connectivity index (χ2n) is 4.93. The lowest BCUT2D eigenvalue weighted by Crippen LogP contribution is -1.94. The lowest BCUT2D eigenvalue weighted by atomic mass is 10.1. The van der Waals surface area contributed by atoms with E-state index in [9.17, 15) is 0 Å². The van der Waals surface area contributed by atoms with Crippen molar-refractivity contribution in [3.63, 3.8) is 0 Å². The maximum Gasteiger partial charge on any atom is 0.263 e. The quantitative estimate of drug-likeness (QED) is 0.799. The molecule has 1 aromatic carbocycles. The summed E-state index contributed by atoms with van der Waals surface area (Å²) in [6, 6.07) is 7.69. The second-order valence-corrected chi connectivity index (χ2v) is 5.87. The minimum atomic E-state index is 0.291. The molecule has 3 rings (SSSR count). The van der Waals surface area contributed by atoms with Crippen LogP contribution in [0.15, 0.2) is 38.9 Å². The average Bonchev–Trinajstić information content (AvgIpc) is 2.94. The van der Waals surface area contributed by atoms with Gasteiger partial charge in [-0.3, -0.25) is 4.68 Å². The van der Waals surface area contributed by atoms with Crippen molar-refractivity contribution >= 4 is 28.5 Å². The summed E-state index contributed by atoms with van der Waals surface area (Å²) in [7, 11) is 1.88. The van der Waals surface area contributed by atoms with Crippen molar-refractivity contribution in [2.24, 2.45) is 7.05 Å². The monoisotopic (exact) mass is 288 g/mol. The fraction of sp³-hybridized carbons (Fsp3) is 0.286. The Balaban J connectivity index is 1.98. The van der Waals surface area contributed by atoms with Gasteiger partial charge in [0, 0.05) is 7.05 Å². The molecule has 0 unspecified atom stereocenters. The number of nitrogens with two attached hydrogens (primary N) is 1. The number of rotatable bonds is 3. The number of aryl methyl sites for hydroxylation is 1. The van der Waals surface area contributed by atoms with E-state index < -0.39 is 0 Å². The summed E-state index contributed by atoms with van der Waals surface area (Å²) in [5, 5.41) is 5.90. The van der Waals surface area contributed by atoms with Gasteiger partial charge in [0.05, 0.1) is 11.4 Å². The van der Waals surface area contributed by atoms with E-state index in [0.29, 0.717) is 16.8 Å². The van der Waals surface area contributed by atoms with Crippen molar-refractivity contribution in [3.05, 3.63) is 30.0 Å². The molecule has 0 atom stereocenters. The highest BCUT2D eigenvalue weighted by Crippen LogP contribution is 2.36. The molecule has 104 valence electrons. The minimum absolute atomic E-state index is 0.291. The van der Waals surface area contributed by atoms with Gasteiger partial charge >= 0.3 is 0 Å². The minimum Gasteiger partial charge on any atom is -0.431 e. The molecule has 0 fully saturated rings. The van der Waals surface area contributed by atoms with E-state index >= 15 is 0 Å². The Morgan fingerprint density at radius 1 is 1.30 bits per heavy atom. The zero-order valence-corrected chi connectivity index (χ0v) is 12.4. The van der Waals surface area contributed by atoms with Crippen LogP contribution >= 0.6 is 11.8 Å². The van der Waals surface area contributed by atoms with E-state index in [1.54, 1.807) is 4.68 Å². The summed E-state index contributed by atoms with van der Waals surface area (Å²) < 4.78 is 7.49. The van der Waals surface area contributed by atoms with E-state index in [1.807, 2.05) is 31.3 Å². The van der Waals surface area contributed by atoms with Gasteiger partial charge in [0.2, 0.25) is 0 Å². The first-order valence-electron chi connectivity index (χ1n) is 6.42. The normalized spacial score (nSPS) is 11.6. The number of fused-ring (bicyclic) bond motifs is 1. The molecule has 2 heterocycles. The largest absolute Gasteiger partial charge is 0.431 e. The lowest BCUT2D eigenvalue weighted by Gasteiger charge is -2.01. The van der Waals surface area contributed by atoms with Gasteiger partial charge in [-0.2, -0.15) is 5.10 Å². The Morgan fingerprint density at radius 2 is 2.05 bits per heavy atom. The van der Waals surface area contributed by atoms with Gasteiger partial charge in [0.1, 0.15) is 10.5 Å². The summed E-state index contributed by atoms with van der Waals surface area (Å²) in [4.78, 5) is 4.44. The molecule has 0 spiro atoms. The average molecular weight is 288 g/mol. The fourth-order valence-electron chi connectivity index (χ4n) is 2.07. The van der Waals surface area contributed by atoms with Crippen LogP contribution in [0.1, 0.15) is 25.5 Å². The zero-order chi connectivity index (χ0) is 14.3. The fourth-order valence-corrected chi connectivity index (χ4v) is 2.90. The number of para-hydroxylation sites is 2. The van der Waals surface area contributed by atoms with Crippen LogP contribution in [0.5, 0.6) is 0 Å². The van der Waals surface area contributed by atoms with Crippen molar-refractivity contribution in [1.82, 2.24) is 14.8 Å². The first-order chi connectivity index (χ1) is 9.56. The highest BCUT2D eigenvalue weighted by molar-refractivity contribution is 7.99. The Labute approximate surface area is 121 Å². The van der Waals surface area contributed by atoms with Gasteiger partial charge in [-0.25, -0.2) is 4.98 Å². The number of nitrogens with zero attached hydrogens (tertiary/aromatic N) is 3. The lowest BCUT2D eigenvalue weighted by molar-refractivity contribution is 0.488. The van der Waals surface area contributed by atoms with Crippen molar-refractivity contribution in [2.45, 2.75) is 30.0 Å². The van der Waals surface area contributed by atoms with Gasteiger partial charge in [-0.05, 0) is 29.8 Å². The number of nitrogen functional groups attached to an aromatic ring is 1. The van der Waals surface area contributed by atoms with Crippen LogP contribution in [0.4, 0.5) is 5.69 Å². The van der Waals surface area contributed by atoms with Crippen molar-refractivity contribution < 1.29 is 4.42 Å². The molecule has 0 bridgehead atoms. The Hall–Kier alpha value is -1.95. The Kier molecular flexibility index (Phi) is 3.17. The molecule has 20 heavy (non-hydrogen) atoms. The van der Waals surface area contributed by atoms with Crippen LogP contribution in [-0.2, 0) is 7.05 Å². The zero-order valence-electron chi connectivity index (χ0n) is 11.6. The second kappa shape index (κ2) is 4.86. The molecule has 2 N–H and O–H groups in total. The van der Waals surface area contributed by atoms with Crippen LogP contribution in [0.3, 0.4) is 0 Å². The third-order valence-corrected chi connectivity index (χ3v) is 4.09. The molecule has 0 aliphatic carbocycles. The maximum absolute atomic E-state index is 6.17. The number of hydrogen-bond acceptors (Lipinski definition) is 5. The van der Waals surface area contributed by atoms with E-state index in [-0.39, 0.29) is 0 Å². The Morgan fingerprint density at radius 3 is 2.70 bits per heavy atom. The van der Waals surface area contributed by atoms with Gasteiger partial charge in [0.25, 0.3) is 5.22 Å². The summed E-state index contributed by atoms with van der Waals surface area (Å²) in [6.45, 7) is 4.15. The van der Waals surface area contributed by atoms with Gasteiger partial charge in [-0.15, -0.1) is 0 Å². The van der Waals surface area contributed by atoms with E-state index in [2.05, 4.69) is 23.9 Å². The van der Waals surface area contributed by atoms with Crippen molar-refractivity contribution in [1.29, 1.82) is 0 Å². The molecule has 6 heteroatoms. The first kappa shape index (κ1) is 13.1. The maximum atomic E-state index is 6.17. The summed E-state index contributed by atoms with van der Waals surface area (Å²) in [5.41, 5.74) is 9.41. The molecule has 0 aliphatic rings. The molecule has 0 amide bonds. The summed E-state index contributed by atoms with van der Waals surface area (Å²) in [6.07, 6.45) is 0. The third kappa shape index (κ3) is 2.16. The summed E-state index contributed by atoms with van der Waals surface area (Å²) in [5.74, 6) is 0.291. The number of benzene rings is 1. The van der Waals surface area contributed by atoms with Crippen LogP contribution in [0.25, 0.3) is 11.1 Å². The molecular formula is C14H16N4OS.